The number of ether oxygens (including phenoxy) is 9. The molecule has 16 heteroatoms. The fraction of sp³-hybridized carbons (Fsp3) is 1.00. The zero-order chi connectivity index (χ0) is 38.0. The Morgan fingerprint density at radius 2 is 0.962 bits per heavy atom. The molecule has 0 spiro atoms. The normalized spacial score (nSPS) is 38.5. The zero-order valence-electron chi connectivity index (χ0n) is 31.5. The van der Waals surface area contributed by atoms with Crippen molar-refractivity contribution in [3.8, 4) is 0 Å². The summed E-state index contributed by atoms with van der Waals surface area (Å²) in [7, 11) is 4.38. The molecule has 3 heterocycles. The molecular weight excluding hydrogens is 688 g/mol. The number of methoxy groups -OCH3 is 3. The summed E-state index contributed by atoms with van der Waals surface area (Å²) in [5.74, 6) is -3.13. The van der Waals surface area contributed by atoms with E-state index in [1.807, 2.05) is 0 Å². The molecule has 0 radical (unpaired) electrons. The number of aliphatic hydroxyl groups is 7. The summed E-state index contributed by atoms with van der Waals surface area (Å²) in [6.45, 7) is 0.393. The van der Waals surface area contributed by atoms with Crippen LogP contribution in [0.5, 0.6) is 0 Å². The number of unbranched alkanes of at least 4 members (excludes halogenated alkanes) is 5. The topological polar surface area (TPSA) is 225 Å². The van der Waals surface area contributed by atoms with E-state index in [2.05, 4.69) is 6.92 Å². The summed E-state index contributed by atoms with van der Waals surface area (Å²) in [6.07, 6.45) is -2.41. The minimum Gasteiger partial charge on any atom is -0.396 e. The lowest BCUT2D eigenvalue weighted by Crippen LogP contribution is -2.64. The molecular formula is C36H68O16. The molecule has 0 aliphatic carbocycles. The third-order valence-corrected chi connectivity index (χ3v) is 11.0. The van der Waals surface area contributed by atoms with Crippen molar-refractivity contribution in [1.29, 1.82) is 0 Å². The van der Waals surface area contributed by atoms with Gasteiger partial charge in [0.15, 0.2) is 18.9 Å². The van der Waals surface area contributed by atoms with Gasteiger partial charge in [0.05, 0.1) is 37.6 Å². The second-order valence-electron chi connectivity index (χ2n) is 14.1. The molecule has 15 atom stereocenters. The maximum Gasteiger partial charge on any atom is 0.187 e. The van der Waals surface area contributed by atoms with Crippen molar-refractivity contribution in [2.24, 2.45) is 29.6 Å². The summed E-state index contributed by atoms with van der Waals surface area (Å²) >= 11 is 0. The Labute approximate surface area is 308 Å². The van der Waals surface area contributed by atoms with E-state index in [4.69, 9.17) is 42.6 Å². The van der Waals surface area contributed by atoms with E-state index in [0.717, 1.165) is 32.1 Å². The van der Waals surface area contributed by atoms with Gasteiger partial charge in [0.25, 0.3) is 0 Å². The van der Waals surface area contributed by atoms with Crippen molar-refractivity contribution in [3.63, 3.8) is 0 Å². The Morgan fingerprint density at radius 1 is 0.481 bits per heavy atom. The van der Waals surface area contributed by atoms with Gasteiger partial charge in [-0.3, -0.25) is 0 Å². The maximum absolute atomic E-state index is 10.7. The molecule has 0 bridgehead atoms. The van der Waals surface area contributed by atoms with Crippen molar-refractivity contribution in [3.05, 3.63) is 0 Å². The molecule has 16 nitrogen and oxygen atoms in total. The highest BCUT2D eigenvalue weighted by atomic mass is 16.8. The van der Waals surface area contributed by atoms with Crippen molar-refractivity contribution in [2.45, 2.75) is 120 Å². The first-order valence-electron chi connectivity index (χ1n) is 19.1. The monoisotopic (exact) mass is 756 g/mol. The van der Waals surface area contributed by atoms with Crippen LogP contribution in [0.3, 0.4) is 0 Å². The highest BCUT2D eigenvalue weighted by Crippen LogP contribution is 2.41. The van der Waals surface area contributed by atoms with E-state index < -0.39 is 97.8 Å². The lowest BCUT2D eigenvalue weighted by atomic mass is 9.80. The van der Waals surface area contributed by atoms with Crippen LogP contribution in [-0.4, -0.2) is 178 Å². The first kappa shape index (κ1) is 45.7. The third-order valence-electron chi connectivity index (χ3n) is 11.0. The van der Waals surface area contributed by atoms with Gasteiger partial charge in [-0.25, -0.2) is 0 Å². The maximum atomic E-state index is 10.7. The van der Waals surface area contributed by atoms with Crippen molar-refractivity contribution in [2.75, 3.05) is 80.8 Å². The quantitative estimate of drug-likeness (QED) is 0.0599. The smallest absolute Gasteiger partial charge is 0.187 e. The van der Waals surface area contributed by atoms with Crippen molar-refractivity contribution >= 4 is 0 Å². The van der Waals surface area contributed by atoms with Crippen LogP contribution in [0.2, 0.25) is 0 Å². The average molecular weight is 757 g/mol. The van der Waals surface area contributed by atoms with Crippen LogP contribution < -0.4 is 0 Å². The van der Waals surface area contributed by atoms with E-state index in [1.165, 1.54) is 27.8 Å². The molecule has 7 N–H and O–H groups in total. The summed E-state index contributed by atoms with van der Waals surface area (Å²) in [5, 5.41) is 71.9. The van der Waals surface area contributed by atoms with Crippen molar-refractivity contribution in [1.82, 2.24) is 0 Å². The molecule has 0 amide bonds. The van der Waals surface area contributed by atoms with Gasteiger partial charge in [-0.05, 0) is 19.3 Å². The van der Waals surface area contributed by atoms with Crippen LogP contribution in [0.25, 0.3) is 0 Å². The minimum absolute atomic E-state index is 0.0417. The number of rotatable bonds is 25. The lowest BCUT2D eigenvalue weighted by molar-refractivity contribution is -0.380. The first-order chi connectivity index (χ1) is 25.4. The van der Waals surface area contributed by atoms with Gasteiger partial charge in [-0.1, -0.05) is 39.0 Å². The summed E-state index contributed by atoms with van der Waals surface area (Å²) in [4.78, 5) is 0. The lowest BCUT2D eigenvalue weighted by Gasteiger charge is -2.51. The highest BCUT2D eigenvalue weighted by Gasteiger charge is 2.55. The van der Waals surface area contributed by atoms with Gasteiger partial charge < -0.3 is 78.4 Å². The van der Waals surface area contributed by atoms with Crippen LogP contribution in [-0.2, 0) is 42.6 Å². The zero-order valence-corrected chi connectivity index (χ0v) is 31.5. The Bertz CT molecular complexity index is 920. The first-order valence-corrected chi connectivity index (χ1v) is 19.1. The number of hydrogen-bond acceptors (Lipinski definition) is 16. The van der Waals surface area contributed by atoms with Crippen LogP contribution in [0.4, 0.5) is 0 Å². The fourth-order valence-corrected chi connectivity index (χ4v) is 8.08. The van der Waals surface area contributed by atoms with E-state index in [9.17, 15) is 35.7 Å². The van der Waals surface area contributed by atoms with Crippen LogP contribution in [0.1, 0.15) is 58.3 Å². The van der Waals surface area contributed by atoms with E-state index >= 15 is 0 Å². The molecule has 6 unspecified atom stereocenters. The predicted molar refractivity (Wildman–Crippen MR) is 185 cm³/mol. The molecule has 3 aliphatic rings. The van der Waals surface area contributed by atoms with Crippen LogP contribution >= 0.6 is 0 Å². The Kier molecular flexibility index (Phi) is 21.8. The van der Waals surface area contributed by atoms with Gasteiger partial charge in [-0.2, -0.15) is 0 Å². The minimum atomic E-state index is -1.19. The molecule has 308 valence electrons. The molecule has 52 heavy (non-hydrogen) atoms. The largest absolute Gasteiger partial charge is 0.396 e. The standard InChI is InChI=1S/C36H68O16/c1-5-6-7-8-9-10-15-47-34-32(25(19-42)23(17-40)27(48-34)11-13-37)52-36-33(46-4)30(26(20-43)29(50-36)21-44-2)51-35-31(45-3)24(18-41)22(16-39)28(49-35)12-14-38/h22-43H,5-21H2,1-4H3/t22-,23-,24+,25+,26+,27?,28?,29?,30+,31?,32?,33?,34-,35+,36+/m1/s1. The second kappa shape index (κ2) is 24.8. The average Bonchev–Trinajstić information content (AvgIpc) is 3.15. The molecule has 0 saturated carbocycles. The van der Waals surface area contributed by atoms with Crippen LogP contribution in [0.15, 0.2) is 0 Å². The predicted octanol–water partition coefficient (Wildman–Crippen LogP) is -0.208. The summed E-state index contributed by atoms with van der Waals surface area (Å²) in [5.41, 5.74) is 0. The van der Waals surface area contributed by atoms with Crippen LogP contribution in [0, 0.1) is 29.6 Å². The van der Waals surface area contributed by atoms with E-state index in [1.54, 1.807) is 0 Å². The van der Waals surface area contributed by atoms with E-state index in [0.29, 0.717) is 6.61 Å². The molecule has 3 rings (SSSR count). The van der Waals surface area contributed by atoms with Gasteiger partial charge in [-0.15, -0.1) is 0 Å². The fourth-order valence-electron chi connectivity index (χ4n) is 8.08. The second-order valence-corrected chi connectivity index (χ2v) is 14.1. The summed E-state index contributed by atoms with van der Waals surface area (Å²) in [6, 6.07) is 0. The van der Waals surface area contributed by atoms with E-state index in [-0.39, 0.29) is 59.1 Å². The highest BCUT2D eigenvalue weighted by molar-refractivity contribution is 4.97. The summed E-state index contributed by atoms with van der Waals surface area (Å²) < 4.78 is 55.8. The molecule has 3 fully saturated rings. The number of aliphatic hydroxyl groups excluding tert-OH is 7. The Balaban J connectivity index is 1.95. The third kappa shape index (κ3) is 11.7. The Morgan fingerprint density at radius 3 is 1.48 bits per heavy atom. The molecule has 3 saturated heterocycles. The van der Waals surface area contributed by atoms with Gasteiger partial charge in [0.2, 0.25) is 0 Å². The van der Waals surface area contributed by atoms with Gasteiger partial charge in [0, 0.05) is 97.2 Å². The van der Waals surface area contributed by atoms with Crippen molar-refractivity contribution < 1.29 is 78.4 Å². The molecule has 3 aliphatic heterocycles. The van der Waals surface area contributed by atoms with Gasteiger partial charge in [0.1, 0.15) is 18.3 Å². The molecule has 0 aromatic heterocycles. The Hall–Kier alpha value is -0.640. The number of hydrogen-bond donors (Lipinski definition) is 7. The van der Waals surface area contributed by atoms with Gasteiger partial charge >= 0.3 is 0 Å². The molecule has 0 aromatic rings. The SMILES string of the molecule is CCCCCCCCO[C@@H]1OC(CCO)[C@H](CO)[C@H](CO)C1O[C@@H]1OC(COC)[C@H](CO)[C@H](O[C@@H]2OC(CCO)[C@H](CO)[C@H](CO)C2OC)C1OC. The molecule has 0 aromatic carbocycles.